The van der Waals surface area contributed by atoms with E-state index >= 15 is 0 Å². The summed E-state index contributed by atoms with van der Waals surface area (Å²) >= 11 is 3.13. The molecule has 1 aliphatic heterocycles. The summed E-state index contributed by atoms with van der Waals surface area (Å²) < 4.78 is 25.2. The molecule has 0 saturated carbocycles. The fourth-order valence-corrected chi connectivity index (χ4v) is 2.30. The van der Waals surface area contributed by atoms with Gasteiger partial charge >= 0.3 is 0 Å². The maximum absolute atomic E-state index is 13.4. The average molecular weight is 317 g/mol. The smallest absolute Gasteiger partial charge is 0.183 e. The van der Waals surface area contributed by atoms with Crippen molar-refractivity contribution in [3.05, 3.63) is 34.1 Å². The summed E-state index contributed by atoms with van der Waals surface area (Å²) in [6, 6.07) is 4.96. The Morgan fingerprint density at radius 1 is 1.33 bits per heavy atom. The van der Waals surface area contributed by atoms with Crippen molar-refractivity contribution in [2.45, 2.75) is 32.5 Å². The zero-order chi connectivity index (χ0) is 13.0. The van der Waals surface area contributed by atoms with Crippen LogP contribution in [0.4, 0.5) is 4.39 Å². The number of hydrogen-bond acceptors (Lipinski definition) is 2. The normalized spacial score (nSPS) is 24.2. The molecule has 4 heteroatoms. The van der Waals surface area contributed by atoms with E-state index in [1.54, 1.807) is 6.07 Å². The van der Waals surface area contributed by atoms with Gasteiger partial charge in [-0.15, -0.1) is 0 Å². The first kappa shape index (κ1) is 14.0. The largest absolute Gasteiger partial charge is 0.348 e. The fourth-order valence-electron chi connectivity index (χ4n) is 2.05. The molecule has 1 aromatic rings. The number of rotatable bonds is 4. The van der Waals surface area contributed by atoms with Gasteiger partial charge in [0.05, 0.1) is 17.7 Å². The summed E-state index contributed by atoms with van der Waals surface area (Å²) in [4.78, 5) is 0. The molecule has 0 amide bonds. The van der Waals surface area contributed by atoms with E-state index < -0.39 is 6.29 Å². The number of ether oxygens (including phenoxy) is 2. The van der Waals surface area contributed by atoms with E-state index in [1.807, 2.05) is 6.07 Å². The van der Waals surface area contributed by atoms with Crippen LogP contribution in [0.2, 0.25) is 0 Å². The average Bonchev–Trinajstić information content (AvgIpc) is 2.40. The van der Waals surface area contributed by atoms with Crippen molar-refractivity contribution < 1.29 is 13.9 Å². The van der Waals surface area contributed by atoms with Crippen LogP contribution in [-0.4, -0.2) is 13.2 Å². The molecule has 0 bridgehead atoms. The molecular formula is C14H18BrFO2. The number of unbranched alkanes of at least 4 members (excludes halogenated alkanes) is 1. The predicted octanol–water partition coefficient (Wildman–Crippen LogP) is 4.44. The second-order valence-corrected chi connectivity index (χ2v) is 5.53. The van der Waals surface area contributed by atoms with Crippen molar-refractivity contribution >= 4 is 15.9 Å². The second-order valence-electron chi connectivity index (χ2n) is 4.68. The Morgan fingerprint density at radius 2 is 2.06 bits per heavy atom. The van der Waals surface area contributed by atoms with Gasteiger partial charge < -0.3 is 9.47 Å². The van der Waals surface area contributed by atoms with Crippen LogP contribution in [0.3, 0.4) is 0 Å². The van der Waals surface area contributed by atoms with E-state index in [9.17, 15) is 4.39 Å². The molecule has 1 aromatic carbocycles. The van der Waals surface area contributed by atoms with E-state index in [0.29, 0.717) is 23.6 Å². The van der Waals surface area contributed by atoms with Crippen LogP contribution in [0.15, 0.2) is 22.7 Å². The zero-order valence-electron chi connectivity index (χ0n) is 10.5. The monoisotopic (exact) mass is 316 g/mol. The molecule has 100 valence electrons. The first-order valence-corrected chi connectivity index (χ1v) is 7.18. The minimum absolute atomic E-state index is 0.284. The highest BCUT2D eigenvalue weighted by Gasteiger charge is 2.23. The standard InChI is InChI=1S/C14H18BrFO2/c1-2-3-4-10-8-17-14(18-9-10)11-5-6-12(15)13(16)7-11/h5-7,10,14H,2-4,8-9H2,1H3/t10-,14-. The van der Waals surface area contributed by atoms with Gasteiger partial charge in [-0.2, -0.15) is 0 Å². The van der Waals surface area contributed by atoms with E-state index in [1.165, 1.54) is 18.9 Å². The maximum Gasteiger partial charge on any atom is 0.183 e. The lowest BCUT2D eigenvalue weighted by atomic mass is 10.0. The zero-order valence-corrected chi connectivity index (χ0v) is 12.1. The SMILES string of the molecule is CCCC[C@H]1CO[C@H](c2ccc(Br)c(F)c2)OC1. The maximum atomic E-state index is 13.4. The van der Waals surface area contributed by atoms with Crippen molar-refractivity contribution in [3.8, 4) is 0 Å². The molecule has 0 atom stereocenters. The molecule has 1 aliphatic rings. The van der Waals surface area contributed by atoms with Crippen LogP contribution in [0.1, 0.15) is 38.0 Å². The second kappa shape index (κ2) is 6.64. The summed E-state index contributed by atoms with van der Waals surface area (Å²) in [6.07, 6.45) is 3.11. The molecular weight excluding hydrogens is 299 g/mol. The Morgan fingerprint density at radius 3 is 2.67 bits per heavy atom. The highest BCUT2D eigenvalue weighted by Crippen LogP contribution is 2.29. The molecule has 0 radical (unpaired) electrons. The molecule has 1 heterocycles. The molecule has 0 aromatic heterocycles. The van der Waals surface area contributed by atoms with Gasteiger partial charge in [0, 0.05) is 11.5 Å². The van der Waals surface area contributed by atoms with Crippen LogP contribution in [0.5, 0.6) is 0 Å². The van der Waals surface area contributed by atoms with E-state index in [2.05, 4.69) is 22.9 Å². The molecule has 2 nitrogen and oxygen atoms in total. The van der Waals surface area contributed by atoms with Gasteiger partial charge in [-0.05, 0) is 34.5 Å². The topological polar surface area (TPSA) is 18.5 Å². The first-order valence-electron chi connectivity index (χ1n) is 6.39. The van der Waals surface area contributed by atoms with Crippen molar-refractivity contribution in [1.82, 2.24) is 0 Å². The Balaban J connectivity index is 1.90. The van der Waals surface area contributed by atoms with Crippen LogP contribution < -0.4 is 0 Å². The molecule has 1 saturated heterocycles. The summed E-state index contributed by atoms with van der Waals surface area (Å²) in [6.45, 7) is 3.57. The van der Waals surface area contributed by atoms with Crippen LogP contribution in [0.25, 0.3) is 0 Å². The van der Waals surface area contributed by atoms with Crippen LogP contribution in [0, 0.1) is 11.7 Å². The van der Waals surface area contributed by atoms with Gasteiger partial charge in [-0.3, -0.25) is 0 Å². The summed E-state index contributed by atoms with van der Waals surface area (Å²) in [5.74, 6) is 0.189. The van der Waals surface area contributed by atoms with E-state index in [4.69, 9.17) is 9.47 Å². The van der Waals surface area contributed by atoms with Crippen LogP contribution >= 0.6 is 15.9 Å². The Labute approximate surface area is 116 Å². The van der Waals surface area contributed by atoms with Crippen molar-refractivity contribution in [2.24, 2.45) is 5.92 Å². The molecule has 18 heavy (non-hydrogen) atoms. The highest BCUT2D eigenvalue weighted by molar-refractivity contribution is 9.10. The molecule has 0 N–H and O–H groups in total. The highest BCUT2D eigenvalue weighted by atomic mass is 79.9. The third-order valence-corrected chi connectivity index (χ3v) is 3.79. The van der Waals surface area contributed by atoms with Gasteiger partial charge in [0.2, 0.25) is 0 Å². The third kappa shape index (κ3) is 3.53. The minimum Gasteiger partial charge on any atom is -0.348 e. The summed E-state index contributed by atoms with van der Waals surface area (Å²) in [5, 5.41) is 0. The lowest BCUT2D eigenvalue weighted by molar-refractivity contribution is -0.206. The number of halogens is 2. The molecule has 2 rings (SSSR count). The van der Waals surface area contributed by atoms with E-state index in [0.717, 1.165) is 12.0 Å². The first-order chi connectivity index (χ1) is 8.70. The van der Waals surface area contributed by atoms with Gasteiger partial charge in [-0.1, -0.05) is 25.8 Å². The molecule has 0 unspecified atom stereocenters. The van der Waals surface area contributed by atoms with E-state index in [-0.39, 0.29) is 5.82 Å². The fraction of sp³-hybridized carbons (Fsp3) is 0.571. The van der Waals surface area contributed by atoms with Gasteiger partial charge in [0.1, 0.15) is 5.82 Å². The van der Waals surface area contributed by atoms with Crippen molar-refractivity contribution in [3.63, 3.8) is 0 Å². The Hall–Kier alpha value is -0.450. The molecule has 0 spiro atoms. The van der Waals surface area contributed by atoms with Gasteiger partial charge in [0.15, 0.2) is 6.29 Å². The number of benzene rings is 1. The van der Waals surface area contributed by atoms with Gasteiger partial charge in [-0.25, -0.2) is 4.39 Å². The quantitative estimate of drug-likeness (QED) is 0.817. The van der Waals surface area contributed by atoms with Crippen LogP contribution in [-0.2, 0) is 9.47 Å². The third-order valence-electron chi connectivity index (χ3n) is 3.15. The summed E-state index contributed by atoms with van der Waals surface area (Å²) in [7, 11) is 0. The Kier molecular flexibility index (Phi) is 5.15. The number of hydrogen-bond donors (Lipinski definition) is 0. The van der Waals surface area contributed by atoms with Gasteiger partial charge in [0.25, 0.3) is 0 Å². The summed E-state index contributed by atoms with van der Waals surface area (Å²) in [5.41, 5.74) is 0.740. The van der Waals surface area contributed by atoms with Crippen molar-refractivity contribution in [1.29, 1.82) is 0 Å². The lowest BCUT2D eigenvalue weighted by Crippen LogP contribution is -2.27. The predicted molar refractivity (Wildman–Crippen MR) is 71.8 cm³/mol. The molecule has 0 aliphatic carbocycles. The van der Waals surface area contributed by atoms with Crippen molar-refractivity contribution in [2.75, 3.05) is 13.2 Å². The minimum atomic E-state index is -0.425. The Bertz CT molecular complexity index is 389. The molecule has 1 fully saturated rings. The lowest BCUT2D eigenvalue weighted by Gasteiger charge is -2.29.